The Morgan fingerprint density at radius 1 is 1.25 bits per heavy atom. The molecule has 0 aromatic heterocycles. The monoisotopic (exact) mass is 329 g/mol. The standard InChI is InChI=1S/C18H17F2N3O/c1-23(2)11-14-7-13(10-21)12(9-18(19)20)8-17(14)24-16-6-4-3-5-15(16)22/h3-9H,11,22H2,1-2H3. The minimum absolute atomic E-state index is 0.101. The number of para-hydroxylation sites is 2. The van der Waals surface area contributed by atoms with E-state index in [9.17, 15) is 14.0 Å². The molecular weight excluding hydrogens is 312 g/mol. The first-order chi connectivity index (χ1) is 11.4. The Morgan fingerprint density at radius 2 is 1.96 bits per heavy atom. The fourth-order valence-corrected chi connectivity index (χ4v) is 2.23. The molecule has 2 aromatic rings. The topological polar surface area (TPSA) is 62.3 Å². The lowest BCUT2D eigenvalue weighted by Crippen LogP contribution is -2.12. The lowest BCUT2D eigenvalue weighted by Gasteiger charge is -2.17. The fraction of sp³-hybridized carbons (Fsp3) is 0.167. The summed E-state index contributed by atoms with van der Waals surface area (Å²) in [5.41, 5.74) is 7.28. The average Bonchev–Trinajstić information content (AvgIpc) is 2.50. The van der Waals surface area contributed by atoms with Crippen LogP contribution in [0.3, 0.4) is 0 Å². The first-order valence-electron chi connectivity index (χ1n) is 7.17. The van der Waals surface area contributed by atoms with E-state index in [1.165, 1.54) is 6.07 Å². The number of benzene rings is 2. The molecule has 0 amide bonds. The van der Waals surface area contributed by atoms with Gasteiger partial charge in [0, 0.05) is 23.7 Å². The van der Waals surface area contributed by atoms with Crippen molar-refractivity contribution in [1.82, 2.24) is 4.90 Å². The van der Waals surface area contributed by atoms with Crippen molar-refractivity contribution in [2.24, 2.45) is 0 Å². The van der Waals surface area contributed by atoms with Gasteiger partial charge < -0.3 is 15.4 Å². The molecule has 0 unspecified atom stereocenters. The lowest BCUT2D eigenvalue weighted by atomic mass is 10.0. The maximum absolute atomic E-state index is 12.7. The highest BCUT2D eigenvalue weighted by Gasteiger charge is 2.13. The molecule has 0 heterocycles. The highest BCUT2D eigenvalue weighted by Crippen LogP contribution is 2.33. The molecule has 0 aliphatic rings. The lowest BCUT2D eigenvalue weighted by molar-refractivity contribution is 0.389. The van der Waals surface area contributed by atoms with Crippen LogP contribution in [0.5, 0.6) is 11.5 Å². The highest BCUT2D eigenvalue weighted by atomic mass is 19.3. The third kappa shape index (κ3) is 4.31. The van der Waals surface area contributed by atoms with E-state index in [1.54, 1.807) is 30.3 Å². The molecule has 2 N–H and O–H groups in total. The Morgan fingerprint density at radius 3 is 2.54 bits per heavy atom. The molecule has 0 bridgehead atoms. The van der Waals surface area contributed by atoms with Crippen LogP contribution in [0.25, 0.3) is 6.08 Å². The Labute approximate surface area is 139 Å². The molecule has 4 nitrogen and oxygen atoms in total. The van der Waals surface area contributed by atoms with Crippen LogP contribution in [0.15, 0.2) is 42.5 Å². The Balaban J connectivity index is 2.56. The molecule has 2 aromatic carbocycles. The molecule has 24 heavy (non-hydrogen) atoms. The van der Waals surface area contributed by atoms with Gasteiger partial charge in [0.25, 0.3) is 6.08 Å². The van der Waals surface area contributed by atoms with E-state index in [1.807, 2.05) is 25.1 Å². The van der Waals surface area contributed by atoms with Crippen LogP contribution < -0.4 is 10.5 Å². The number of hydrogen-bond donors (Lipinski definition) is 1. The van der Waals surface area contributed by atoms with Crippen LogP contribution in [0.2, 0.25) is 0 Å². The van der Waals surface area contributed by atoms with Gasteiger partial charge in [-0.25, -0.2) is 0 Å². The number of rotatable bonds is 5. The summed E-state index contributed by atoms with van der Waals surface area (Å²) in [5, 5.41) is 9.22. The van der Waals surface area contributed by atoms with Crippen LogP contribution in [-0.4, -0.2) is 19.0 Å². The van der Waals surface area contributed by atoms with Gasteiger partial charge in [0.2, 0.25) is 0 Å². The molecule has 0 fully saturated rings. The van der Waals surface area contributed by atoms with Crippen LogP contribution >= 0.6 is 0 Å². The minimum atomic E-state index is -1.88. The summed E-state index contributed by atoms with van der Waals surface area (Å²) in [6, 6.07) is 11.9. The molecule has 2 rings (SSSR count). The van der Waals surface area contributed by atoms with Crippen LogP contribution in [0.1, 0.15) is 16.7 Å². The van der Waals surface area contributed by atoms with Gasteiger partial charge >= 0.3 is 0 Å². The number of ether oxygens (including phenoxy) is 1. The second-order valence-electron chi connectivity index (χ2n) is 5.47. The van der Waals surface area contributed by atoms with E-state index in [0.29, 0.717) is 35.4 Å². The van der Waals surface area contributed by atoms with Crippen molar-refractivity contribution in [2.45, 2.75) is 6.54 Å². The quantitative estimate of drug-likeness (QED) is 0.834. The van der Waals surface area contributed by atoms with E-state index >= 15 is 0 Å². The smallest absolute Gasteiger partial charge is 0.270 e. The van der Waals surface area contributed by atoms with Crippen molar-refractivity contribution in [3.05, 3.63) is 59.2 Å². The van der Waals surface area contributed by atoms with E-state index in [2.05, 4.69) is 0 Å². The van der Waals surface area contributed by atoms with E-state index in [4.69, 9.17) is 10.5 Å². The second kappa shape index (κ2) is 7.57. The zero-order chi connectivity index (χ0) is 17.7. The van der Waals surface area contributed by atoms with E-state index < -0.39 is 6.08 Å². The molecule has 0 radical (unpaired) electrons. The molecule has 0 aliphatic carbocycles. The van der Waals surface area contributed by atoms with Crippen molar-refractivity contribution in [1.29, 1.82) is 5.26 Å². The van der Waals surface area contributed by atoms with Gasteiger partial charge in [0.15, 0.2) is 0 Å². The van der Waals surface area contributed by atoms with Gasteiger partial charge in [-0.05, 0) is 38.4 Å². The van der Waals surface area contributed by atoms with Gasteiger partial charge in [-0.1, -0.05) is 12.1 Å². The molecule has 124 valence electrons. The van der Waals surface area contributed by atoms with Crippen molar-refractivity contribution in [2.75, 3.05) is 19.8 Å². The summed E-state index contributed by atoms with van der Waals surface area (Å²) in [7, 11) is 3.73. The highest BCUT2D eigenvalue weighted by molar-refractivity contribution is 5.63. The van der Waals surface area contributed by atoms with Gasteiger partial charge in [-0.2, -0.15) is 14.0 Å². The Bertz CT molecular complexity index is 806. The number of hydrogen-bond acceptors (Lipinski definition) is 4. The van der Waals surface area contributed by atoms with Gasteiger partial charge in [-0.3, -0.25) is 0 Å². The number of halogens is 2. The van der Waals surface area contributed by atoms with E-state index in [-0.39, 0.29) is 11.1 Å². The zero-order valence-electron chi connectivity index (χ0n) is 13.4. The van der Waals surface area contributed by atoms with Crippen LogP contribution in [-0.2, 0) is 6.54 Å². The third-order valence-electron chi connectivity index (χ3n) is 3.24. The summed E-state index contributed by atoms with van der Waals surface area (Å²) in [6.45, 7) is 0.485. The molecular formula is C18H17F2N3O. The number of nitrogen functional groups attached to an aromatic ring is 1. The van der Waals surface area contributed by atoms with Crippen molar-refractivity contribution >= 4 is 11.8 Å². The zero-order valence-corrected chi connectivity index (χ0v) is 13.4. The third-order valence-corrected chi connectivity index (χ3v) is 3.24. The fourth-order valence-electron chi connectivity index (χ4n) is 2.23. The minimum Gasteiger partial charge on any atom is -0.455 e. The number of nitrogens with zero attached hydrogens (tertiary/aromatic N) is 2. The molecule has 0 saturated carbocycles. The Hall–Kier alpha value is -2.91. The van der Waals surface area contributed by atoms with Crippen LogP contribution in [0.4, 0.5) is 14.5 Å². The van der Waals surface area contributed by atoms with E-state index in [0.717, 1.165) is 0 Å². The summed E-state index contributed by atoms with van der Waals surface area (Å²) in [6.07, 6.45) is -1.23. The summed E-state index contributed by atoms with van der Waals surface area (Å²) >= 11 is 0. The summed E-state index contributed by atoms with van der Waals surface area (Å²) in [5.74, 6) is 0.811. The number of nitriles is 1. The van der Waals surface area contributed by atoms with Crippen molar-refractivity contribution in [3.8, 4) is 17.6 Å². The first-order valence-corrected chi connectivity index (χ1v) is 7.17. The normalized spacial score (nSPS) is 10.3. The van der Waals surface area contributed by atoms with Gasteiger partial charge in [0.1, 0.15) is 11.5 Å². The van der Waals surface area contributed by atoms with Gasteiger partial charge in [-0.15, -0.1) is 0 Å². The van der Waals surface area contributed by atoms with Crippen molar-refractivity contribution < 1.29 is 13.5 Å². The average molecular weight is 329 g/mol. The predicted octanol–water partition coefficient (Wildman–Crippen LogP) is 4.23. The largest absolute Gasteiger partial charge is 0.455 e. The molecule has 6 heteroatoms. The van der Waals surface area contributed by atoms with Gasteiger partial charge in [0.05, 0.1) is 17.3 Å². The van der Waals surface area contributed by atoms with Crippen molar-refractivity contribution in [3.63, 3.8) is 0 Å². The summed E-state index contributed by atoms with van der Waals surface area (Å²) < 4.78 is 31.1. The SMILES string of the molecule is CN(C)Cc1cc(C#N)c(C=C(F)F)cc1Oc1ccccc1N. The predicted molar refractivity (Wildman–Crippen MR) is 89.7 cm³/mol. The maximum Gasteiger partial charge on any atom is 0.270 e. The molecule has 0 atom stereocenters. The number of nitrogens with two attached hydrogens (primary N) is 1. The maximum atomic E-state index is 12.7. The van der Waals surface area contributed by atoms with Crippen LogP contribution in [0, 0.1) is 11.3 Å². The number of anilines is 1. The molecule has 0 saturated heterocycles. The second-order valence-corrected chi connectivity index (χ2v) is 5.47. The molecule has 0 aliphatic heterocycles. The Kier molecular flexibility index (Phi) is 5.51. The first kappa shape index (κ1) is 17.4. The summed E-state index contributed by atoms with van der Waals surface area (Å²) in [4.78, 5) is 1.89. The molecule has 0 spiro atoms.